The van der Waals surface area contributed by atoms with E-state index in [4.69, 9.17) is 21.3 Å². The van der Waals surface area contributed by atoms with Crippen molar-refractivity contribution in [1.29, 1.82) is 0 Å². The lowest BCUT2D eigenvalue weighted by Gasteiger charge is -2.41. The molecule has 0 unspecified atom stereocenters. The highest BCUT2D eigenvalue weighted by atomic mass is 35.5. The summed E-state index contributed by atoms with van der Waals surface area (Å²) in [7, 11) is 1.64. The lowest BCUT2D eigenvalue weighted by molar-refractivity contribution is -0.123. The number of nitrogens with zero attached hydrogens (tertiary/aromatic N) is 4. The molecule has 166 valence electrons. The van der Waals surface area contributed by atoms with Crippen LogP contribution in [0.15, 0.2) is 48.5 Å². The largest absolute Gasteiger partial charge is 0.497 e. The number of likely N-dealkylation sites (tertiary alicyclic amines) is 1. The van der Waals surface area contributed by atoms with Gasteiger partial charge in [0.1, 0.15) is 18.1 Å². The Balaban J connectivity index is 1.32. The fourth-order valence-corrected chi connectivity index (χ4v) is 4.82. The molecule has 7 nitrogen and oxygen atoms in total. The number of nitrogens with one attached hydrogen (secondary N) is 1. The Labute approximate surface area is 192 Å². The molecular weight excluding hydrogens is 426 g/mol. The molecule has 1 saturated heterocycles. The Bertz CT molecular complexity index is 1120. The van der Waals surface area contributed by atoms with E-state index in [9.17, 15) is 4.79 Å². The van der Waals surface area contributed by atoms with Crippen LogP contribution in [0, 0.1) is 0 Å². The smallest absolute Gasteiger partial charge is 0.242 e. The molecule has 3 heterocycles. The van der Waals surface area contributed by atoms with Gasteiger partial charge in [-0.3, -0.25) is 9.69 Å². The van der Waals surface area contributed by atoms with Crippen LogP contribution in [0.25, 0.3) is 11.4 Å². The zero-order chi connectivity index (χ0) is 22.1. The summed E-state index contributed by atoms with van der Waals surface area (Å²) in [6.07, 6.45) is 2.42. The molecule has 0 saturated carbocycles. The number of benzene rings is 2. The molecule has 5 rings (SSSR count). The molecule has 2 aromatic carbocycles. The van der Waals surface area contributed by atoms with E-state index in [0.717, 1.165) is 60.2 Å². The Kier molecular flexibility index (Phi) is 5.61. The van der Waals surface area contributed by atoms with Crippen molar-refractivity contribution in [3.8, 4) is 17.1 Å². The number of fused-ring (bicyclic) bond motifs is 1. The van der Waals surface area contributed by atoms with Crippen LogP contribution in [0.5, 0.6) is 5.75 Å². The highest BCUT2D eigenvalue weighted by Crippen LogP contribution is 2.30. The summed E-state index contributed by atoms with van der Waals surface area (Å²) in [5, 5.41) is 8.71. The summed E-state index contributed by atoms with van der Waals surface area (Å²) in [6, 6.07) is 15.6. The van der Waals surface area contributed by atoms with Gasteiger partial charge in [0.15, 0.2) is 5.82 Å². The number of piperidine rings is 1. The van der Waals surface area contributed by atoms with Crippen molar-refractivity contribution >= 4 is 17.5 Å². The van der Waals surface area contributed by atoms with Crippen LogP contribution in [0.3, 0.4) is 0 Å². The number of carbonyl (C=O) groups is 1. The lowest BCUT2D eigenvalue weighted by atomic mass is 9.84. The predicted octanol–water partition coefficient (Wildman–Crippen LogP) is 3.31. The van der Waals surface area contributed by atoms with Crippen molar-refractivity contribution in [3.63, 3.8) is 0 Å². The van der Waals surface area contributed by atoms with Crippen molar-refractivity contribution in [3.05, 3.63) is 64.9 Å². The monoisotopic (exact) mass is 451 g/mol. The van der Waals surface area contributed by atoms with E-state index < -0.39 is 0 Å². The van der Waals surface area contributed by atoms with Crippen LogP contribution in [0.1, 0.15) is 24.2 Å². The van der Waals surface area contributed by atoms with Crippen LogP contribution in [0.2, 0.25) is 5.02 Å². The van der Waals surface area contributed by atoms with Crippen molar-refractivity contribution in [1.82, 2.24) is 25.0 Å². The third-order valence-electron chi connectivity index (χ3n) is 6.46. The maximum atomic E-state index is 12.7. The summed E-state index contributed by atoms with van der Waals surface area (Å²) in [5.41, 5.74) is 1.77. The Morgan fingerprint density at radius 2 is 1.88 bits per heavy atom. The Hall–Kier alpha value is -2.90. The van der Waals surface area contributed by atoms with E-state index in [1.807, 2.05) is 42.5 Å². The van der Waals surface area contributed by atoms with Gasteiger partial charge in [-0.25, -0.2) is 9.67 Å². The van der Waals surface area contributed by atoms with Crippen LogP contribution in [-0.2, 0) is 24.3 Å². The van der Waals surface area contributed by atoms with Crippen molar-refractivity contribution in [2.75, 3.05) is 20.2 Å². The van der Waals surface area contributed by atoms with E-state index in [0.29, 0.717) is 12.2 Å². The molecule has 3 aromatic rings. The summed E-state index contributed by atoms with van der Waals surface area (Å²) >= 11 is 6.34. The Morgan fingerprint density at radius 3 is 2.59 bits per heavy atom. The van der Waals surface area contributed by atoms with Gasteiger partial charge in [-0.15, -0.1) is 0 Å². The maximum absolute atomic E-state index is 12.7. The summed E-state index contributed by atoms with van der Waals surface area (Å²) in [5.74, 6) is 2.28. The molecule has 32 heavy (non-hydrogen) atoms. The van der Waals surface area contributed by atoms with Gasteiger partial charge >= 0.3 is 0 Å². The zero-order valence-corrected chi connectivity index (χ0v) is 18.8. The minimum atomic E-state index is -0.285. The van der Waals surface area contributed by atoms with E-state index in [1.165, 1.54) is 0 Å². The number of methoxy groups -OCH3 is 1. The average molecular weight is 452 g/mol. The van der Waals surface area contributed by atoms with Crippen LogP contribution >= 0.6 is 11.6 Å². The molecule has 8 heteroatoms. The highest BCUT2D eigenvalue weighted by Gasteiger charge is 2.40. The van der Waals surface area contributed by atoms with Gasteiger partial charge in [-0.05, 0) is 48.7 Å². The van der Waals surface area contributed by atoms with E-state index in [-0.39, 0.29) is 18.0 Å². The molecule has 1 amide bonds. The third-order valence-corrected chi connectivity index (χ3v) is 6.82. The number of amides is 1. The molecule has 1 aromatic heterocycles. The molecule has 1 spiro atoms. The van der Waals surface area contributed by atoms with Gasteiger partial charge < -0.3 is 10.1 Å². The maximum Gasteiger partial charge on any atom is 0.242 e. The highest BCUT2D eigenvalue weighted by molar-refractivity contribution is 6.31. The lowest BCUT2D eigenvalue weighted by Crippen LogP contribution is -2.56. The molecule has 1 N–H and O–H groups in total. The first-order valence-corrected chi connectivity index (χ1v) is 11.3. The second kappa shape index (κ2) is 8.56. The summed E-state index contributed by atoms with van der Waals surface area (Å²) in [6.45, 7) is 2.81. The first-order valence-electron chi connectivity index (χ1n) is 10.9. The van der Waals surface area contributed by atoms with E-state index in [1.54, 1.807) is 11.8 Å². The fourth-order valence-electron chi connectivity index (χ4n) is 4.62. The molecule has 0 bridgehead atoms. The standard InChI is InChI=1S/C24H26ClN5O2/c1-32-19-8-6-17(7-9-19)23-26-21-14-24(27-22(31)16-30(21)28-23)10-12-29(13-11-24)15-18-4-2-3-5-20(18)25/h2-9H,10-16H2,1H3,(H,27,31). The van der Waals surface area contributed by atoms with E-state index >= 15 is 0 Å². The first-order chi connectivity index (χ1) is 15.5. The fraction of sp³-hybridized carbons (Fsp3) is 0.375. The van der Waals surface area contributed by atoms with Gasteiger partial charge in [0.05, 0.1) is 7.11 Å². The topological polar surface area (TPSA) is 72.3 Å². The number of rotatable bonds is 4. The Morgan fingerprint density at radius 1 is 1.12 bits per heavy atom. The average Bonchev–Trinajstić information content (AvgIpc) is 3.13. The minimum Gasteiger partial charge on any atom is -0.497 e. The molecule has 0 atom stereocenters. The molecule has 2 aliphatic heterocycles. The van der Waals surface area contributed by atoms with Gasteiger partial charge in [-0.2, -0.15) is 5.10 Å². The third kappa shape index (κ3) is 4.23. The second-order valence-corrected chi connectivity index (χ2v) is 9.02. The molecule has 0 aliphatic carbocycles. The van der Waals surface area contributed by atoms with Crippen LogP contribution < -0.4 is 10.1 Å². The number of hydrogen-bond acceptors (Lipinski definition) is 5. The van der Waals surface area contributed by atoms with E-state index in [2.05, 4.69) is 21.4 Å². The van der Waals surface area contributed by atoms with Gasteiger partial charge in [0.25, 0.3) is 0 Å². The van der Waals surface area contributed by atoms with Crippen molar-refractivity contribution in [2.45, 2.75) is 37.9 Å². The number of carbonyl (C=O) groups excluding carboxylic acids is 1. The molecule has 0 radical (unpaired) electrons. The van der Waals surface area contributed by atoms with Gasteiger partial charge in [0.2, 0.25) is 5.91 Å². The normalized spacial score (nSPS) is 18.1. The van der Waals surface area contributed by atoms with Crippen LogP contribution in [-0.4, -0.2) is 51.3 Å². The molecule has 2 aliphatic rings. The van der Waals surface area contributed by atoms with Crippen molar-refractivity contribution < 1.29 is 9.53 Å². The first kappa shape index (κ1) is 21.0. The summed E-state index contributed by atoms with van der Waals surface area (Å²) in [4.78, 5) is 19.9. The number of hydrogen-bond donors (Lipinski definition) is 1. The SMILES string of the molecule is COc1ccc(-c2nc3n(n2)CC(=O)NC2(CCN(Cc4ccccc4Cl)CC2)C3)cc1. The quantitative estimate of drug-likeness (QED) is 0.658. The minimum absolute atomic E-state index is 0.00511. The van der Waals surface area contributed by atoms with Crippen LogP contribution in [0.4, 0.5) is 0 Å². The molecular formula is C24H26ClN5O2. The zero-order valence-electron chi connectivity index (χ0n) is 18.1. The van der Waals surface area contributed by atoms with Crippen molar-refractivity contribution in [2.24, 2.45) is 0 Å². The number of halogens is 1. The van der Waals surface area contributed by atoms with Gasteiger partial charge in [0, 0.05) is 42.2 Å². The summed E-state index contributed by atoms with van der Waals surface area (Å²) < 4.78 is 6.98. The number of ether oxygens (including phenoxy) is 1. The predicted molar refractivity (Wildman–Crippen MR) is 123 cm³/mol. The molecule has 1 fully saturated rings. The second-order valence-electron chi connectivity index (χ2n) is 8.61. The number of aromatic nitrogens is 3. The van der Waals surface area contributed by atoms with Gasteiger partial charge in [-0.1, -0.05) is 29.8 Å².